The molecule has 7 rings (SSSR count). The van der Waals surface area contributed by atoms with E-state index >= 15 is 0 Å². The molecule has 13 nitrogen and oxygen atoms in total. The molecule has 48 heavy (non-hydrogen) atoms. The number of cyclic esters (lactones) is 1. The molecule has 6 fully saturated rings. The highest BCUT2D eigenvalue weighted by Gasteiger charge is 2.63. The Kier molecular flexibility index (Phi) is 9.58. The highest BCUT2D eigenvalue weighted by Crippen LogP contribution is 2.68. The van der Waals surface area contributed by atoms with Crippen LogP contribution in [-0.4, -0.2) is 129 Å². The zero-order chi connectivity index (χ0) is 34.3. The van der Waals surface area contributed by atoms with Gasteiger partial charge in [-0.1, -0.05) is 13.8 Å². The molecule has 3 heterocycles. The topological polar surface area (TPSA) is 205 Å². The number of fused-ring (bicyclic) bond motifs is 5. The Morgan fingerprint density at radius 1 is 0.812 bits per heavy atom. The van der Waals surface area contributed by atoms with Crippen LogP contribution in [0.1, 0.15) is 72.1 Å². The van der Waals surface area contributed by atoms with Crippen LogP contribution < -0.4 is 0 Å². The lowest BCUT2D eigenvalue weighted by atomic mass is 9.44. The maximum absolute atomic E-state index is 11.9. The number of rotatable bonds is 6. The second-order valence-electron chi connectivity index (χ2n) is 16.3. The summed E-state index contributed by atoms with van der Waals surface area (Å²) in [4.78, 5) is 11.9. The second-order valence-corrected chi connectivity index (χ2v) is 16.3. The quantitative estimate of drug-likeness (QED) is 0.147. The second kappa shape index (κ2) is 13.1. The van der Waals surface area contributed by atoms with Crippen molar-refractivity contribution in [2.24, 2.45) is 40.4 Å². The summed E-state index contributed by atoms with van der Waals surface area (Å²) in [5, 5.41) is 73.5. The summed E-state index contributed by atoms with van der Waals surface area (Å²) in [5.41, 5.74) is 1.02. The van der Waals surface area contributed by atoms with Crippen LogP contribution >= 0.6 is 0 Å². The van der Waals surface area contributed by atoms with Gasteiger partial charge in [-0.25, -0.2) is 4.79 Å². The van der Waals surface area contributed by atoms with Gasteiger partial charge in [0.2, 0.25) is 0 Å². The van der Waals surface area contributed by atoms with E-state index in [1.807, 2.05) is 0 Å². The van der Waals surface area contributed by atoms with Crippen molar-refractivity contribution < 1.29 is 64.2 Å². The summed E-state index contributed by atoms with van der Waals surface area (Å²) in [6.07, 6.45) is -4.85. The summed E-state index contributed by atoms with van der Waals surface area (Å²) < 4.78 is 28.8. The summed E-state index contributed by atoms with van der Waals surface area (Å²) in [6.45, 7) is 6.07. The molecule has 7 aliphatic rings. The van der Waals surface area contributed by atoms with Crippen molar-refractivity contribution in [3.8, 4) is 0 Å². The van der Waals surface area contributed by atoms with Crippen molar-refractivity contribution in [1.29, 1.82) is 0 Å². The van der Waals surface area contributed by atoms with Crippen LogP contribution in [-0.2, 0) is 28.5 Å². The molecule has 4 aliphatic carbocycles. The van der Waals surface area contributed by atoms with E-state index < -0.39 is 74.1 Å². The summed E-state index contributed by atoms with van der Waals surface area (Å²) >= 11 is 0. The highest BCUT2D eigenvalue weighted by molar-refractivity contribution is 5.85. The molecule has 272 valence electrons. The van der Waals surface area contributed by atoms with Gasteiger partial charge in [0, 0.05) is 12.0 Å². The van der Waals surface area contributed by atoms with Crippen molar-refractivity contribution >= 4 is 5.97 Å². The maximum Gasteiger partial charge on any atom is 0.331 e. The van der Waals surface area contributed by atoms with Crippen LogP contribution in [0.2, 0.25) is 0 Å². The lowest BCUT2D eigenvalue weighted by molar-refractivity contribution is -0.360. The SMILES string of the molecule is C[C@@H]1O[C@@H](O[C@H]2CC[C@@]3(C)[C@H](CC[C@H]4[C@H]5C[C@H](O)[C@H](C6=CC(=O)OC6)[C@@]5(C)CC[C@@H]43)C2)[C@H](O)[C@H](O)[C@H]1O[C@@H]1O[C@H](CO)[C@@H](O)[C@H](O)[C@H]1O. The molecule has 13 heteroatoms. The van der Waals surface area contributed by atoms with Gasteiger partial charge in [-0.05, 0) is 98.4 Å². The lowest BCUT2D eigenvalue weighted by Gasteiger charge is -2.61. The van der Waals surface area contributed by atoms with E-state index in [2.05, 4.69) is 13.8 Å². The van der Waals surface area contributed by atoms with Crippen LogP contribution in [0, 0.1) is 40.4 Å². The molecule has 19 atom stereocenters. The van der Waals surface area contributed by atoms with Crippen molar-refractivity contribution in [2.45, 2.75) is 146 Å². The average Bonchev–Trinajstić information content (AvgIpc) is 3.59. The maximum atomic E-state index is 11.9. The Morgan fingerprint density at radius 3 is 2.23 bits per heavy atom. The molecule has 0 amide bonds. The van der Waals surface area contributed by atoms with Crippen LogP contribution in [0.3, 0.4) is 0 Å². The van der Waals surface area contributed by atoms with Crippen LogP contribution in [0.25, 0.3) is 0 Å². The van der Waals surface area contributed by atoms with Gasteiger partial charge in [0.1, 0.15) is 49.3 Å². The fourth-order valence-electron chi connectivity index (χ4n) is 11.4. The lowest BCUT2D eigenvalue weighted by Crippen LogP contribution is -2.64. The number of hydrogen-bond donors (Lipinski definition) is 7. The Hall–Kier alpha value is -1.23. The highest BCUT2D eigenvalue weighted by atomic mass is 16.7. The monoisotopic (exact) mass is 682 g/mol. The molecule has 0 aromatic rings. The first-order chi connectivity index (χ1) is 22.8. The smallest absolute Gasteiger partial charge is 0.331 e. The number of aliphatic hydroxyl groups is 7. The first-order valence-corrected chi connectivity index (χ1v) is 17.9. The van der Waals surface area contributed by atoms with E-state index in [0.717, 1.165) is 56.9 Å². The summed E-state index contributed by atoms with van der Waals surface area (Å²) in [7, 11) is 0. The average molecular weight is 683 g/mol. The van der Waals surface area contributed by atoms with Gasteiger partial charge in [0.15, 0.2) is 12.6 Å². The molecule has 0 aromatic heterocycles. The number of esters is 1. The molecule has 3 aliphatic heterocycles. The van der Waals surface area contributed by atoms with E-state index in [1.54, 1.807) is 13.0 Å². The predicted molar refractivity (Wildman–Crippen MR) is 166 cm³/mol. The first-order valence-electron chi connectivity index (χ1n) is 17.9. The number of hydrogen-bond acceptors (Lipinski definition) is 13. The minimum Gasteiger partial charge on any atom is -0.458 e. The molecule has 7 N–H and O–H groups in total. The standard InChI is InChI=1S/C35H54O13/c1-15-31(48-33-29(42)27(40)26(39)23(13-36)47-33)28(41)30(43)32(45-15)46-18-6-8-34(2)17(11-18)4-5-19-20(34)7-9-35(3)21(19)12-22(37)25(35)16-10-24(38)44-14-16/h10,15,17-23,25-33,36-37,39-43H,4-9,11-14H2,1-3H3/t15-,17+,18-,19+,20-,21+,22-,23+,25-,26+,27-,28-,29+,30+,31-,32-,33-,34-,35-/m0/s1. The molecule has 2 saturated heterocycles. The Balaban J connectivity index is 0.971. The third kappa shape index (κ3) is 5.69. The molecule has 0 aromatic carbocycles. The van der Waals surface area contributed by atoms with Crippen LogP contribution in [0.4, 0.5) is 0 Å². The Morgan fingerprint density at radius 2 is 1.52 bits per heavy atom. The van der Waals surface area contributed by atoms with Crippen molar-refractivity contribution in [3.05, 3.63) is 11.6 Å². The Bertz CT molecular complexity index is 1230. The number of carbonyl (C=O) groups is 1. The van der Waals surface area contributed by atoms with Gasteiger partial charge in [-0.3, -0.25) is 0 Å². The first kappa shape index (κ1) is 35.2. The largest absolute Gasteiger partial charge is 0.458 e. The van der Waals surface area contributed by atoms with Gasteiger partial charge < -0.3 is 59.4 Å². The third-order valence-electron chi connectivity index (χ3n) is 14.0. The van der Waals surface area contributed by atoms with Gasteiger partial charge in [-0.2, -0.15) is 0 Å². The summed E-state index contributed by atoms with van der Waals surface area (Å²) in [5.74, 6) is 1.54. The molecule has 0 bridgehead atoms. The normalized spacial score (nSPS) is 55.3. The van der Waals surface area contributed by atoms with Crippen molar-refractivity contribution in [3.63, 3.8) is 0 Å². The van der Waals surface area contributed by atoms with Crippen LogP contribution in [0.5, 0.6) is 0 Å². The van der Waals surface area contributed by atoms with Crippen molar-refractivity contribution in [2.75, 3.05) is 13.2 Å². The van der Waals surface area contributed by atoms with E-state index in [0.29, 0.717) is 30.3 Å². The minimum atomic E-state index is -1.65. The zero-order valence-electron chi connectivity index (χ0n) is 28.0. The van der Waals surface area contributed by atoms with E-state index in [-0.39, 0.29) is 28.8 Å². The van der Waals surface area contributed by atoms with Gasteiger partial charge >= 0.3 is 5.97 Å². The number of carbonyl (C=O) groups excluding carboxylic acids is 1. The molecule has 4 saturated carbocycles. The predicted octanol–water partition coefficient (Wildman–Crippen LogP) is 0.136. The molecular weight excluding hydrogens is 628 g/mol. The van der Waals surface area contributed by atoms with E-state index in [4.69, 9.17) is 23.7 Å². The molecule has 0 spiro atoms. The minimum absolute atomic E-state index is 0.0357. The van der Waals surface area contributed by atoms with Gasteiger partial charge in [0.05, 0.1) is 24.9 Å². The molecular formula is C35H54O13. The fraction of sp³-hybridized carbons (Fsp3) is 0.914. The number of ether oxygens (including phenoxy) is 5. The zero-order valence-corrected chi connectivity index (χ0v) is 28.0. The molecule has 0 unspecified atom stereocenters. The fourth-order valence-corrected chi connectivity index (χ4v) is 11.4. The van der Waals surface area contributed by atoms with E-state index in [9.17, 15) is 40.5 Å². The van der Waals surface area contributed by atoms with Crippen molar-refractivity contribution in [1.82, 2.24) is 0 Å². The van der Waals surface area contributed by atoms with Gasteiger partial charge in [-0.15, -0.1) is 0 Å². The van der Waals surface area contributed by atoms with Gasteiger partial charge in [0.25, 0.3) is 0 Å². The number of aliphatic hydroxyl groups excluding tert-OH is 7. The van der Waals surface area contributed by atoms with E-state index in [1.165, 1.54) is 0 Å². The third-order valence-corrected chi connectivity index (χ3v) is 14.0. The van der Waals surface area contributed by atoms with Crippen LogP contribution in [0.15, 0.2) is 11.6 Å². The summed E-state index contributed by atoms with van der Waals surface area (Å²) in [6, 6.07) is 0. The molecule has 0 radical (unpaired) electrons. The Labute approximate surface area is 281 Å².